The van der Waals surface area contributed by atoms with Crippen molar-refractivity contribution in [3.8, 4) is 0 Å². The first-order valence-electron chi connectivity index (χ1n) is 11.9. The van der Waals surface area contributed by atoms with Gasteiger partial charge in [-0.05, 0) is 64.2 Å². The second-order valence-electron chi connectivity index (χ2n) is 8.39. The highest BCUT2D eigenvalue weighted by Gasteiger charge is 2.27. The maximum atomic E-state index is 12.3. The quantitative estimate of drug-likeness (QED) is 0.279. The van der Waals surface area contributed by atoms with E-state index in [2.05, 4.69) is 0 Å². The van der Waals surface area contributed by atoms with Gasteiger partial charge in [0, 0.05) is 12.2 Å². The van der Waals surface area contributed by atoms with Crippen LogP contribution in [0.15, 0.2) is 12.2 Å². The van der Waals surface area contributed by atoms with Gasteiger partial charge in [-0.25, -0.2) is 19.2 Å². The van der Waals surface area contributed by atoms with Crippen molar-refractivity contribution in [3.05, 3.63) is 12.2 Å². The number of esters is 4. The molecule has 0 aromatic rings. The highest BCUT2D eigenvalue weighted by molar-refractivity contribution is 5.93. The normalized spacial score (nSPS) is 19.7. The Labute approximate surface area is 190 Å². The van der Waals surface area contributed by atoms with Crippen molar-refractivity contribution in [2.24, 2.45) is 0 Å². The van der Waals surface area contributed by atoms with Crippen molar-refractivity contribution in [2.45, 2.75) is 115 Å². The summed E-state index contributed by atoms with van der Waals surface area (Å²) in [5.74, 6) is -2.85. The molecule has 8 nitrogen and oxygen atoms in total. The molecule has 0 radical (unpaired) electrons. The molecular formula is C24H36O8. The van der Waals surface area contributed by atoms with Crippen molar-refractivity contribution >= 4 is 23.9 Å². The van der Waals surface area contributed by atoms with Gasteiger partial charge in [-0.3, -0.25) is 0 Å². The molecule has 0 bridgehead atoms. The van der Waals surface area contributed by atoms with Crippen LogP contribution in [0.25, 0.3) is 0 Å². The number of carbonyl (C=O) groups excluding carboxylic acids is 4. The number of ether oxygens (including phenoxy) is 4. The predicted molar refractivity (Wildman–Crippen MR) is 115 cm³/mol. The molecule has 180 valence electrons. The molecule has 2 fully saturated rings. The third-order valence-electron chi connectivity index (χ3n) is 5.81. The van der Waals surface area contributed by atoms with Crippen molar-refractivity contribution in [1.82, 2.24) is 0 Å². The lowest BCUT2D eigenvalue weighted by Gasteiger charge is -2.24. The maximum absolute atomic E-state index is 12.3. The van der Waals surface area contributed by atoms with Crippen LogP contribution in [0.5, 0.6) is 0 Å². The van der Waals surface area contributed by atoms with Gasteiger partial charge < -0.3 is 18.9 Å². The fraction of sp³-hybridized carbons (Fsp3) is 0.750. The standard InChI is InChI=1S/C24H36O8/c1-3-19(23(27)29-17-11-7-5-8-12-17)31-21(25)15-16-22(26)32-20(4-2)24(28)30-18-13-9-6-10-14-18/h15-20H,3-14H2,1-2H3/b16-15+. The fourth-order valence-electron chi connectivity index (χ4n) is 3.94. The van der Waals surface area contributed by atoms with Crippen LogP contribution in [0.3, 0.4) is 0 Å². The molecule has 2 aliphatic rings. The van der Waals surface area contributed by atoms with Crippen LogP contribution < -0.4 is 0 Å². The molecule has 2 aliphatic carbocycles. The summed E-state index contributed by atoms with van der Waals surface area (Å²) in [6.45, 7) is 3.42. The summed E-state index contributed by atoms with van der Waals surface area (Å²) in [6.07, 6.45) is 9.63. The summed E-state index contributed by atoms with van der Waals surface area (Å²) in [6, 6.07) is 0. The van der Waals surface area contributed by atoms with E-state index in [9.17, 15) is 19.2 Å². The molecule has 0 amide bonds. The van der Waals surface area contributed by atoms with E-state index < -0.39 is 36.1 Å². The fourth-order valence-corrected chi connectivity index (χ4v) is 3.94. The Kier molecular flexibility index (Phi) is 11.2. The summed E-state index contributed by atoms with van der Waals surface area (Å²) in [5, 5.41) is 0. The number of hydrogen-bond acceptors (Lipinski definition) is 8. The Morgan fingerprint density at radius 3 is 1.31 bits per heavy atom. The molecule has 0 aromatic heterocycles. The zero-order valence-electron chi connectivity index (χ0n) is 19.2. The first-order valence-corrected chi connectivity index (χ1v) is 11.9. The minimum absolute atomic E-state index is 0.131. The van der Waals surface area contributed by atoms with Crippen LogP contribution in [0, 0.1) is 0 Å². The van der Waals surface area contributed by atoms with Gasteiger partial charge >= 0.3 is 23.9 Å². The summed E-state index contributed by atoms with van der Waals surface area (Å²) in [7, 11) is 0. The van der Waals surface area contributed by atoms with E-state index in [1.54, 1.807) is 13.8 Å². The predicted octanol–water partition coefficient (Wildman–Crippen LogP) is 3.94. The van der Waals surface area contributed by atoms with Crippen LogP contribution in [0.4, 0.5) is 0 Å². The van der Waals surface area contributed by atoms with Crippen LogP contribution in [-0.2, 0) is 38.1 Å². The lowest BCUT2D eigenvalue weighted by atomic mass is 9.98. The van der Waals surface area contributed by atoms with E-state index in [-0.39, 0.29) is 25.0 Å². The molecule has 2 atom stereocenters. The van der Waals surface area contributed by atoms with Crippen molar-refractivity contribution < 1.29 is 38.1 Å². The zero-order valence-corrected chi connectivity index (χ0v) is 19.2. The second-order valence-corrected chi connectivity index (χ2v) is 8.39. The molecule has 0 spiro atoms. The summed E-state index contributed by atoms with van der Waals surface area (Å²) >= 11 is 0. The Bertz CT molecular complexity index is 603. The van der Waals surface area contributed by atoms with Gasteiger partial charge in [-0.1, -0.05) is 26.7 Å². The van der Waals surface area contributed by atoms with E-state index in [0.29, 0.717) is 0 Å². The summed E-state index contributed by atoms with van der Waals surface area (Å²) in [5.41, 5.74) is 0. The van der Waals surface area contributed by atoms with Gasteiger partial charge in [0.05, 0.1) is 0 Å². The number of rotatable bonds is 10. The smallest absolute Gasteiger partial charge is 0.347 e. The topological polar surface area (TPSA) is 105 Å². The number of hydrogen-bond donors (Lipinski definition) is 0. The van der Waals surface area contributed by atoms with Crippen LogP contribution in [-0.4, -0.2) is 48.3 Å². The molecule has 2 rings (SSSR count). The third kappa shape index (κ3) is 9.01. The van der Waals surface area contributed by atoms with E-state index >= 15 is 0 Å². The van der Waals surface area contributed by atoms with Gasteiger partial charge in [-0.15, -0.1) is 0 Å². The molecular weight excluding hydrogens is 416 g/mol. The zero-order chi connectivity index (χ0) is 23.3. The molecule has 8 heteroatoms. The van der Waals surface area contributed by atoms with Crippen molar-refractivity contribution in [1.29, 1.82) is 0 Å². The van der Waals surface area contributed by atoms with Gasteiger partial charge in [0.1, 0.15) is 12.2 Å². The van der Waals surface area contributed by atoms with Crippen LogP contribution in [0.2, 0.25) is 0 Å². The Balaban J connectivity index is 1.77. The molecule has 0 heterocycles. The molecule has 0 aliphatic heterocycles. The van der Waals surface area contributed by atoms with E-state index in [0.717, 1.165) is 76.4 Å². The van der Waals surface area contributed by atoms with Gasteiger partial charge in [0.2, 0.25) is 0 Å². The van der Waals surface area contributed by atoms with Crippen molar-refractivity contribution in [3.63, 3.8) is 0 Å². The van der Waals surface area contributed by atoms with E-state index in [4.69, 9.17) is 18.9 Å². The molecule has 0 saturated heterocycles. The summed E-state index contributed by atoms with van der Waals surface area (Å²) < 4.78 is 21.2. The Morgan fingerprint density at radius 2 is 1.00 bits per heavy atom. The van der Waals surface area contributed by atoms with Gasteiger partial charge in [-0.2, -0.15) is 0 Å². The molecule has 0 N–H and O–H groups in total. The minimum atomic E-state index is -1.03. The van der Waals surface area contributed by atoms with Gasteiger partial charge in [0.15, 0.2) is 12.2 Å². The second kappa shape index (κ2) is 13.9. The van der Waals surface area contributed by atoms with E-state index in [1.807, 2.05) is 0 Å². The first kappa shape index (κ1) is 25.9. The molecule has 2 unspecified atom stereocenters. The van der Waals surface area contributed by atoms with Crippen molar-refractivity contribution in [2.75, 3.05) is 0 Å². The highest BCUT2D eigenvalue weighted by Crippen LogP contribution is 2.22. The number of carbonyl (C=O) groups is 4. The average molecular weight is 453 g/mol. The largest absolute Gasteiger partial charge is 0.460 e. The third-order valence-corrected chi connectivity index (χ3v) is 5.81. The molecule has 0 aromatic carbocycles. The molecule has 2 saturated carbocycles. The van der Waals surface area contributed by atoms with Gasteiger partial charge in [0.25, 0.3) is 0 Å². The lowest BCUT2D eigenvalue weighted by Crippen LogP contribution is -2.32. The monoisotopic (exact) mass is 452 g/mol. The Hall–Kier alpha value is -2.38. The van der Waals surface area contributed by atoms with E-state index in [1.165, 1.54) is 0 Å². The Morgan fingerprint density at radius 1 is 0.656 bits per heavy atom. The lowest BCUT2D eigenvalue weighted by molar-refractivity contribution is -0.171. The van der Waals surface area contributed by atoms with Crippen LogP contribution >= 0.6 is 0 Å². The average Bonchev–Trinajstić information content (AvgIpc) is 2.80. The maximum Gasteiger partial charge on any atom is 0.347 e. The summed E-state index contributed by atoms with van der Waals surface area (Å²) in [4.78, 5) is 48.6. The first-order chi connectivity index (χ1) is 15.4. The highest BCUT2D eigenvalue weighted by atomic mass is 16.6. The SMILES string of the molecule is CCC(OC(=O)/C=C/C(=O)OC(CC)C(=O)OC1CCCCC1)C(=O)OC1CCCCC1. The minimum Gasteiger partial charge on any atom is -0.460 e. The molecule has 32 heavy (non-hydrogen) atoms. The van der Waals surface area contributed by atoms with Crippen LogP contribution in [0.1, 0.15) is 90.9 Å².